The molecule has 3 amide bonds. The summed E-state index contributed by atoms with van der Waals surface area (Å²) in [6.07, 6.45) is 11.5. The monoisotopic (exact) mass is 523 g/mol. The van der Waals surface area contributed by atoms with E-state index >= 15 is 0 Å². The van der Waals surface area contributed by atoms with Gasteiger partial charge in [-0.2, -0.15) is 0 Å². The van der Waals surface area contributed by atoms with Crippen molar-refractivity contribution >= 4 is 29.5 Å². The molecule has 1 aromatic rings. The minimum Gasteiger partial charge on any atom is -0.396 e. The summed E-state index contributed by atoms with van der Waals surface area (Å²) in [6, 6.07) is 9.29. The number of carbonyl (C=O) groups is 3. The molecule has 0 bridgehead atoms. The van der Waals surface area contributed by atoms with Crippen LogP contribution in [-0.2, 0) is 20.9 Å². The van der Waals surface area contributed by atoms with Crippen LogP contribution in [0.25, 0.3) is 0 Å². The third-order valence-corrected chi connectivity index (χ3v) is 10.2. The van der Waals surface area contributed by atoms with Crippen LogP contribution in [0.1, 0.15) is 38.2 Å². The maximum atomic E-state index is 14.3. The lowest BCUT2D eigenvalue weighted by atomic mass is 9.74. The average Bonchev–Trinajstić information content (AvgIpc) is 3.16. The van der Waals surface area contributed by atoms with Crippen LogP contribution in [0.2, 0.25) is 0 Å². The van der Waals surface area contributed by atoms with Gasteiger partial charge in [0.25, 0.3) is 0 Å². The van der Waals surface area contributed by atoms with Gasteiger partial charge in [-0.05, 0) is 25.3 Å². The van der Waals surface area contributed by atoms with E-state index in [4.69, 9.17) is 5.11 Å². The van der Waals surface area contributed by atoms with Gasteiger partial charge in [-0.25, -0.2) is 0 Å². The van der Waals surface area contributed by atoms with Crippen LogP contribution in [-0.4, -0.2) is 86.4 Å². The minimum absolute atomic E-state index is 0.0231. The Morgan fingerprint density at radius 2 is 1.65 bits per heavy atom. The fourth-order valence-corrected chi connectivity index (χ4v) is 8.78. The number of aliphatic hydroxyl groups excluding tert-OH is 1. The number of benzene rings is 1. The summed E-state index contributed by atoms with van der Waals surface area (Å²) in [5, 5.41) is 9.13. The lowest BCUT2D eigenvalue weighted by Gasteiger charge is -2.37. The molecule has 37 heavy (non-hydrogen) atoms. The van der Waals surface area contributed by atoms with Crippen LogP contribution in [0.15, 0.2) is 54.6 Å². The van der Waals surface area contributed by atoms with Gasteiger partial charge >= 0.3 is 0 Å². The normalized spacial score (nSPS) is 32.9. The van der Waals surface area contributed by atoms with Crippen LogP contribution < -0.4 is 0 Å². The lowest BCUT2D eigenvalue weighted by molar-refractivity contribution is -0.144. The molecule has 198 valence electrons. The molecule has 4 aliphatic heterocycles. The Bertz CT molecular complexity index is 1110. The standard InChI is InChI=1S/C29H37N3O4S/c1-28-14-10-16-30(2)25(34)22(28)23-26(35)32(18-8-3-4-9-19-33)24-27(36)31(17-11-15-29(23,24)37-28)20-21-12-6-5-7-13-21/h5-7,10-15,22-24,33H,3-4,8-9,16-20H2,1-2H3/t22-,23-,24?,28+,29-/m0/s1. The van der Waals surface area contributed by atoms with Crippen molar-refractivity contribution < 1.29 is 19.5 Å². The van der Waals surface area contributed by atoms with E-state index in [-0.39, 0.29) is 24.3 Å². The third kappa shape index (κ3) is 4.42. The summed E-state index contributed by atoms with van der Waals surface area (Å²) >= 11 is 1.63. The van der Waals surface area contributed by atoms with E-state index in [0.29, 0.717) is 26.2 Å². The molecule has 5 atom stereocenters. The summed E-state index contributed by atoms with van der Waals surface area (Å²) < 4.78 is -1.35. The maximum Gasteiger partial charge on any atom is 0.247 e. The molecule has 0 aromatic heterocycles. The molecule has 2 fully saturated rings. The van der Waals surface area contributed by atoms with Gasteiger partial charge in [-0.15, -0.1) is 11.8 Å². The first-order valence-electron chi connectivity index (χ1n) is 13.4. The number of nitrogens with zero attached hydrogens (tertiary/aromatic N) is 3. The van der Waals surface area contributed by atoms with E-state index < -0.39 is 27.4 Å². The van der Waals surface area contributed by atoms with Crippen molar-refractivity contribution in [2.45, 2.75) is 54.7 Å². The van der Waals surface area contributed by atoms with Gasteiger partial charge in [0.2, 0.25) is 17.7 Å². The number of likely N-dealkylation sites (tertiary alicyclic amines) is 1. The molecule has 8 heteroatoms. The van der Waals surface area contributed by atoms with Crippen molar-refractivity contribution in [2.24, 2.45) is 11.8 Å². The fraction of sp³-hybridized carbons (Fsp3) is 0.552. The summed E-state index contributed by atoms with van der Waals surface area (Å²) in [5.41, 5.74) is 1.05. The van der Waals surface area contributed by atoms with Gasteiger partial charge in [0, 0.05) is 44.6 Å². The number of carbonyl (C=O) groups excluding carboxylic acids is 3. The van der Waals surface area contributed by atoms with Gasteiger partial charge in [-0.1, -0.05) is 67.5 Å². The Hall–Kier alpha value is -2.58. The second-order valence-corrected chi connectivity index (χ2v) is 12.7. The molecule has 1 aromatic carbocycles. The molecule has 4 heterocycles. The highest BCUT2D eigenvalue weighted by molar-refractivity contribution is 8.02. The fourth-order valence-electron chi connectivity index (χ4n) is 6.62. The first kappa shape index (κ1) is 26.0. The van der Waals surface area contributed by atoms with Gasteiger partial charge in [0.05, 0.1) is 16.6 Å². The van der Waals surface area contributed by atoms with Crippen LogP contribution in [0.3, 0.4) is 0 Å². The topological polar surface area (TPSA) is 81.2 Å². The van der Waals surface area contributed by atoms with E-state index in [1.54, 1.807) is 28.6 Å². The van der Waals surface area contributed by atoms with Crippen molar-refractivity contribution in [1.82, 2.24) is 14.7 Å². The second-order valence-electron chi connectivity index (χ2n) is 10.9. The predicted octanol–water partition coefficient (Wildman–Crippen LogP) is 2.85. The van der Waals surface area contributed by atoms with Crippen LogP contribution in [0.4, 0.5) is 0 Å². The molecule has 1 N–H and O–H groups in total. The number of rotatable bonds is 8. The number of amides is 3. The molecule has 1 spiro atoms. The summed E-state index contributed by atoms with van der Waals surface area (Å²) in [4.78, 5) is 47.5. The molecule has 2 saturated heterocycles. The summed E-state index contributed by atoms with van der Waals surface area (Å²) in [6.45, 7) is 4.17. The highest BCUT2D eigenvalue weighted by Crippen LogP contribution is 2.65. The van der Waals surface area contributed by atoms with E-state index in [1.807, 2.05) is 47.4 Å². The highest BCUT2D eigenvalue weighted by Gasteiger charge is 2.73. The number of hydrogen-bond donors (Lipinski definition) is 1. The smallest absolute Gasteiger partial charge is 0.247 e. The van der Waals surface area contributed by atoms with Crippen LogP contribution in [0.5, 0.6) is 0 Å². The first-order chi connectivity index (χ1) is 17.8. The zero-order chi connectivity index (χ0) is 26.2. The Kier molecular flexibility index (Phi) is 7.24. The van der Waals surface area contributed by atoms with Gasteiger partial charge in [-0.3, -0.25) is 14.4 Å². The molecule has 1 unspecified atom stereocenters. The third-order valence-electron chi connectivity index (χ3n) is 8.37. The summed E-state index contributed by atoms with van der Waals surface area (Å²) in [7, 11) is 1.79. The Labute approximate surface area is 223 Å². The minimum atomic E-state index is -0.789. The Morgan fingerprint density at radius 1 is 0.919 bits per heavy atom. The largest absolute Gasteiger partial charge is 0.396 e. The zero-order valence-electron chi connectivity index (χ0n) is 21.7. The van der Waals surface area contributed by atoms with E-state index in [1.165, 1.54) is 0 Å². The highest BCUT2D eigenvalue weighted by atomic mass is 32.2. The molecule has 4 aliphatic rings. The van der Waals surface area contributed by atoms with E-state index in [9.17, 15) is 14.4 Å². The summed E-state index contributed by atoms with van der Waals surface area (Å²) in [5.74, 6) is -1.25. The number of thioether (sulfide) groups is 1. The van der Waals surface area contributed by atoms with E-state index in [0.717, 1.165) is 31.2 Å². The quantitative estimate of drug-likeness (QED) is 0.419. The zero-order valence-corrected chi connectivity index (χ0v) is 22.5. The number of unbranched alkanes of at least 4 members (excludes halogenated alkanes) is 3. The average molecular weight is 524 g/mol. The van der Waals surface area contributed by atoms with Gasteiger partial charge in [0.15, 0.2) is 0 Å². The lowest BCUT2D eigenvalue weighted by Crippen LogP contribution is -2.53. The number of aliphatic hydroxyl groups is 1. The Morgan fingerprint density at radius 3 is 2.41 bits per heavy atom. The first-order valence-corrected chi connectivity index (χ1v) is 14.2. The van der Waals surface area contributed by atoms with E-state index in [2.05, 4.69) is 19.1 Å². The number of fused-ring (bicyclic) bond motifs is 2. The molecule has 7 nitrogen and oxygen atoms in total. The molecule has 0 radical (unpaired) electrons. The van der Waals surface area contributed by atoms with Crippen molar-refractivity contribution in [3.8, 4) is 0 Å². The van der Waals surface area contributed by atoms with Crippen molar-refractivity contribution in [3.05, 3.63) is 60.2 Å². The molecule has 0 saturated carbocycles. The van der Waals surface area contributed by atoms with Gasteiger partial charge in [0.1, 0.15) is 6.04 Å². The molecular weight excluding hydrogens is 486 g/mol. The SMILES string of the molecule is CN1CC=C[C@@]2(C)S[C@]34C=CCN(Cc5ccccc5)C(=O)C3N(CCCCCCO)C(=O)[C@@H]4[C@H]2C1=O. The van der Waals surface area contributed by atoms with Crippen LogP contribution >= 0.6 is 11.8 Å². The second kappa shape index (κ2) is 10.3. The van der Waals surface area contributed by atoms with Crippen LogP contribution in [0, 0.1) is 11.8 Å². The number of likely N-dealkylation sites (N-methyl/N-ethyl adjacent to an activating group) is 1. The Balaban J connectivity index is 1.53. The van der Waals surface area contributed by atoms with Gasteiger partial charge < -0.3 is 19.8 Å². The van der Waals surface area contributed by atoms with Crippen molar-refractivity contribution in [2.75, 3.05) is 33.3 Å². The number of hydrogen-bond acceptors (Lipinski definition) is 5. The van der Waals surface area contributed by atoms with Crippen molar-refractivity contribution in [3.63, 3.8) is 0 Å². The molecule has 0 aliphatic carbocycles. The maximum absolute atomic E-state index is 14.3. The predicted molar refractivity (Wildman–Crippen MR) is 145 cm³/mol. The molecular formula is C29H37N3O4S. The molecule has 5 rings (SSSR count). The van der Waals surface area contributed by atoms with Crippen molar-refractivity contribution in [1.29, 1.82) is 0 Å².